The number of halogens is 2. The van der Waals surface area contributed by atoms with Crippen molar-refractivity contribution in [1.29, 1.82) is 0 Å². The molecule has 12 heavy (non-hydrogen) atoms. The maximum atomic E-state index is 13.0. The van der Waals surface area contributed by atoms with Gasteiger partial charge in [0, 0.05) is 6.20 Å². The minimum absolute atomic E-state index is 0.0417. The van der Waals surface area contributed by atoms with Gasteiger partial charge in [-0.2, -0.15) is 0 Å². The average Bonchev–Trinajstić information content (AvgIpc) is 2.04. The third kappa shape index (κ3) is 0.942. The summed E-state index contributed by atoms with van der Waals surface area (Å²) in [4.78, 5) is 3.82. The highest BCUT2D eigenvalue weighted by Gasteiger charge is 2.05. The molecule has 2 aromatic rings. The molecule has 3 heteroatoms. The molecule has 0 saturated heterocycles. The van der Waals surface area contributed by atoms with E-state index in [0.717, 1.165) is 6.07 Å². The predicted molar refractivity (Wildman–Crippen MR) is 41.7 cm³/mol. The molecule has 0 fully saturated rings. The van der Waals surface area contributed by atoms with Crippen molar-refractivity contribution in [2.45, 2.75) is 0 Å². The number of hydrogen-bond acceptors (Lipinski definition) is 1. The summed E-state index contributed by atoms with van der Waals surface area (Å²) in [6.07, 6.45) is 1.32. The molecule has 1 aromatic carbocycles. The number of fused-ring (bicyclic) bond motifs is 1. The fourth-order valence-electron chi connectivity index (χ4n) is 1.12. The van der Waals surface area contributed by atoms with Crippen LogP contribution in [-0.4, -0.2) is 4.98 Å². The van der Waals surface area contributed by atoms with E-state index in [9.17, 15) is 8.78 Å². The van der Waals surface area contributed by atoms with Gasteiger partial charge in [0.2, 0.25) is 0 Å². The molecule has 0 amide bonds. The first-order valence-corrected chi connectivity index (χ1v) is 3.48. The lowest BCUT2D eigenvalue weighted by molar-refractivity contribution is 0.607. The normalized spacial score (nSPS) is 10.5. The molecular weight excluding hydrogens is 160 g/mol. The lowest BCUT2D eigenvalue weighted by Gasteiger charge is -1.97. The van der Waals surface area contributed by atoms with Gasteiger partial charge >= 0.3 is 0 Å². The van der Waals surface area contributed by atoms with Crippen LogP contribution in [0.1, 0.15) is 0 Å². The molecule has 0 N–H and O–H groups in total. The zero-order valence-corrected chi connectivity index (χ0v) is 6.09. The van der Waals surface area contributed by atoms with Gasteiger partial charge in [0.15, 0.2) is 0 Å². The Labute approximate surface area is 67.7 Å². The Hall–Kier alpha value is -1.51. The largest absolute Gasteiger partial charge is 0.256 e. The third-order valence-electron chi connectivity index (χ3n) is 1.66. The summed E-state index contributed by atoms with van der Waals surface area (Å²) < 4.78 is 25.9. The monoisotopic (exact) mass is 165 g/mol. The predicted octanol–water partition coefficient (Wildman–Crippen LogP) is 2.51. The summed E-state index contributed by atoms with van der Waals surface area (Å²) in [6, 6.07) is 5.43. The Kier molecular flexibility index (Phi) is 1.50. The second-order valence-corrected chi connectivity index (χ2v) is 2.43. The highest BCUT2D eigenvalue weighted by atomic mass is 19.1. The summed E-state index contributed by atoms with van der Waals surface area (Å²) in [5, 5.41) is -0.0417. The standard InChI is InChI=1S/C9H5F2N/c10-6-2-1-3-8-9(6)7(11)4-5-12-8/h1-5H. The van der Waals surface area contributed by atoms with E-state index in [4.69, 9.17) is 0 Å². The van der Waals surface area contributed by atoms with Crippen molar-refractivity contribution in [1.82, 2.24) is 4.98 Å². The van der Waals surface area contributed by atoms with E-state index in [1.165, 1.54) is 18.3 Å². The van der Waals surface area contributed by atoms with Crippen molar-refractivity contribution in [3.05, 3.63) is 42.1 Å². The quantitative estimate of drug-likeness (QED) is 0.584. The molecule has 1 aromatic heterocycles. The van der Waals surface area contributed by atoms with Gasteiger partial charge in [-0.05, 0) is 18.2 Å². The van der Waals surface area contributed by atoms with E-state index in [1.54, 1.807) is 6.07 Å². The minimum Gasteiger partial charge on any atom is -0.256 e. The van der Waals surface area contributed by atoms with Crippen LogP contribution in [0, 0.1) is 11.6 Å². The summed E-state index contributed by atoms with van der Waals surface area (Å²) in [7, 11) is 0. The molecule has 0 spiro atoms. The molecule has 1 heterocycles. The first-order valence-electron chi connectivity index (χ1n) is 3.48. The lowest BCUT2D eigenvalue weighted by atomic mass is 10.2. The second-order valence-electron chi connectivity index (χ2n) is 2.43. The van der Waals surface area contributed by atoms with Crippen LogP contribution >= 0.6 is 0 Å². The van der Waals surface area contributed by atoms with Gasteiger partial charge in [-0.25, -0.2) is 8.78 Å². The molecule has 1 nitrogen and oxygen atoms in total. The van der Waals surface area contributed by atoms with Crippen molar-refractivity contribution >= 4 is 10.9 Å². The van der Waals surface area contributed by atoms with Crippen molar-refractivity contribution in [2.75, 3.05) is 0 Å². The smallest absolute Gasteiger partial charge is 0.137 e. The van der Waals surface area contributed by atoms with E-state index in [2.05, 4.69) is 4.98 Å². The second kappa shape index (κ2) is 2.52. The fourth-order valence-corrected chi connectivity index (χ4v) is 1.12. The van der Waals surface area contributed by atoms with Crippen molar-refractivity contribution < 1.29 is 8.78 Å². The van der Waals surface area contributed by atoms with Crippen LogP contribution in [0.25, 0.3) is 10.9 Å². The number of hydrogen-bond donors (Lipinski definition) is 0. The van der Waals surface area contributed by atoms with E-state index in [-0.39, 0.29) is 5.39 Å². The third-order valence-corrected chi connectivity index (χ3v) is 1.66. The zero-order chi connectivity index (χ0) is 8.55. The van der Waals surface area contributed by atoms with Crippen molar-refractivity contribution in [3.63, 3.8) is 0 Å². The Morgan fingerprint density at radius 1 is 1.00 bits per heavy atom. The minimum atomic E-state index is -0.571. The first kappa shape index (κ1) is 7.16. The van der Waals surface area contributed by atoms with E-state index < -0.39 is 11.6 Å². The van der Waals surface area contributed by atoms with E-state index in [0.29, 0.717) is 5.52 Å². The highest BCUT2D eigenvalue weighted by Crippen LogP contribution is 2.17. The summed E-state index contributed by atoms with van der Waals surface area (Å²) in [5.41, 5.74) is 0.343. The Morgan fingerprint density at radius 3 is 2.50 bits per heavy atom. The van der Waals surface area contributed by atoms with Crippen LogP contribution in [0.15, 0.2) is 30.5 Å². The molecule has 0 radical (unpaired) electrons. The Bertz CT molecular complexity index is 389. The Morgan fingerprint density at radius 2 is 1.75 bits per heavy atom. The average molecular weight is 165 g/mol. The SMILES string of the molecule is Fc1cccc2nccc(F)c12. The van der Waals surface area contributed by atoms with Crippen LogP contribution in [-0.2, 0) is 0 Å². The lowest BCUT2D eigenvalue weighted by Crippen LogP contribution is -1.86. The molecule has 0 bridgehead atoms. The molecule has 0 aliphatic rings. The maximum absolute atomic E-state index is 13.0. The van der Waals surface area contributed by atoms with E-state index in [1.807, 2.05) is 0 Å². The van der Waals surface area contributed by atoms with Gasteiger partial charge in [0.25, 0.3) is 0 Å². The van der Waals surface area contributed by atoms with Gasteiger partial charge < -0.3 is 0 Å². The molecule has 0 aliphatic carbocycles. The number of nitrogens with zero attached hydrogens (tertiary/aromatic N) is 1. The van der Waals surface area contributed by atoms with Crippen molar-refractivity contribution in [3.8, 4) is 0 Å². The fraction of sp³-hybridized carbons (Fsp3) is 0. The molecule has 0 aliphatic heterocycles. The van der Waals surface area contributed by atoms with Gasteiger partial charge in [-0.1, -0.05) is 6.07 Å². The first-order chi connectivity index (χ1) is 5.79. The zero-order valence-electron chi connectivity index (χ0n) is 6.09. The number of benzene rings is 1. The van der Waals surface area contributed by atoms with Gasteiger partial charge in [0.1, 0.15) is 11.6 Å². The molecule has 0 unspecified atom stereocenters. The molecule has 2 rings (SSSR count). The molecule has 0 atom stereocenters. The van der Waals surface area contributed by atoms with Gasteiger partial charge in [-0.3, -0.25) is 4.98 Å². The molecular formula is C9H5F2N. The number of aromatic nitrogens is 1. The van der Waals surface area contributed by atoms with Gasteiger partial charge in [-0.15, -0.1) is 0 Å². The maximum Gasteiger partial charge on any atom is 0.137 e. The van der Waals surface area contributed by atoms with Crippen LogP contribution in [0.5, 0.6) is 0 Å². The summed E-state index contributed by atoms with van der Waals surface area (Å²) in [5.74, 6) is -1.14. The highest BCUT2D eigenvalue weighted by molar-refractivity contribution is 5.79. The van der Waals surface area contributed by atoms with Crippen LogP contribution in [0.4, 0.5) is 8.78 Å². The molecule has 0 saturated carbocycles. The number of pyridine rings is 1. The van der Waals surface area contributed by atoms with Crippen LogP contribution in [0.3, 0.4) is 0 Å². The topological polar surface area (TPSA) is 12.9 Å². The summed E-state index contributed by atoms with van der Waals surface area (Å²) >= 11 is 0. The van der Waals surface area contributed by atoms with Crippen LogP contribution < -0.4 is 0 Å². The summed E-state index contributed by atoms with van der Waals surface area (Å²) in [6.45, 7) is 0. The van der Waals surface area contributed by atoms with E-state index >= 15 is 0 Å². The molecule has 60 valence electrons. The van der Waals surface area contributed by atoms with Crippen LogP contribution in [0.2, 0.25) is 0 Å². The number of rotatable bonds is 0. The Balaban J connectivity index is 2.96. The van der Waals surface area contributed by atoms with Crippen molar-refractivity contribution in [2.24, 2.45) is 0 Å². The van der Waals surface area contributed by atoms with Gasteiger partial charge in [0.05, 0.1) is 10.9 Å².